The van der Waals surface area contributed by atoms with Crippen molar-refractivity contribution in [3.8, 4) is 5.75 Å². The predicted octanol–water partition coefficient (Wildman–Crippen LogP) is 3.27. The highest BCUT2D eigenvalue weighted by Crippen LogP contribution is 2.40. The standard InChI is InChI=1S/C23H20FN5O3/c1-25-23-28-27-18(32-23)9-15-16-8-13(7-12-3-5-14(24)6-4-12)10-26-20(16)21(30)19-17(15)11-29(2)22(19)31/h3-6,8,10,30H,7,9,11H2,1-2H3,(H,25,28). The van der Waals surface area contributed by atoms with Gasteiger partial charge in [-0.15, -0.1) is 5.10 Å². The van der Waals surface area contributed by atoms with E-state index in [4.69, 9.17) is 4.42 Å². The summed E-state index contributed by atoms with van der Waals surface area (Å²) in [5, 5.41) is 22.4. The average molecular weight is 433 g/mol. The van der Waals surface area contributed by atoms with E-state index in [1.54, 1.807) is 37.3 Å². The minimum Gasteiger partial charge on any atom is -0.505 e. The summed E-state index contributed by atoms with van der Waals surface area (Å²) in [5.74, 6) is -0.279. The number of hydrogen-bond acceptors (Lipinski definition) is 7. The van der Waals surface area contributed by atoms with Crippen molar-refractivity contribution in [2.75, 3.05) is 19.4 Å². The van der Waals surface area contributed by atoms with Crippen molar-refractivity contribution in [2.24, 2.45) is 0 Å². The molecule has 1 aliphatic rings. The minimum atomic E-state index is -0.289. The van der Waals surface area contributed by atoms with E-state index >= 15 is 0 Å². The highest BCUT2D eigenvalue weighted by molar-refractivity contribution is 6.07. The first-order valence-corrected chi connectivity index (χ1v) is 10.1. The van der Waals surface area contributed by atoms with Gasteiger partial charge in [0.15, 0.2) is 5.75 Å². The molecule has 3 heterocycles. The molecule has 162 valence electrons. The van der Waals surface area contributed by atoms with E-state index in [-0.39, 0.29) is 29.5 Å². The lowest BCUT2D eigenvalue weighted by Gasteiger charge is -2.13. The van der Waals surface area contributed by atoms with E-state index in [1.165, 1.54) is 12.1 Å². The molecule has 5 rings (SSSR count). The summed E-state index contributed by atoms with van der Waals surface area (Å²) in [5.41, 5.74) is 3.98. The Bertz CT molecular complexity index is 1350. The number of phenolic OH excluding ortho intramolecular Hbond substituents is 1. The fourth-order valence-electron chi connectivity index (χ4n) is 4.12. The molecule has 8 nitrogen and oxygen atoms in total. The molecule has 2 aromatic heterocycles. The number of hydrogen-bond donors (Lipinski definition) is 2. The number of anilines is 1. The summed E-state index contributed by atoms with van der Waals surface area (Å²) >= 11 is 0. The normalized spacial score (nSPS) is 13.1. The summed E-state index contributed by atoms with van der Waals surface area (Å²) in [6.45, 7) is 0.363. The van der Waals surface area contributed by atoms with E-state index in [0.29, 0.717) is 35.8 Å². The van der Waals surface area contributed by atoms with Gasteiger partial charge in [0.2, 0.25) is 5.89 Å². The molecular formula is C23H20FN5O3. The highest BCUT2D eigenvalue weighted by Gasteiger charge is 2.33. The number of phenols is 1. The van der Waals surface area contributed by atoms with Crippen LogP contribution in [0.2, 0.25) is 0 Å². The lowest BCUT2D eigenvalue weighted by molar-refractivity contribution is 0.0814. The smallest absolute Gasteiger partial charge is 0.315 e. The second-order valence-electron chi connectivity index (χ2n) is 7.81. The van der Waals surface area contributed by atoms with E-state index in [0.717, 1.165) is 22.3 Å². The fourth-order valence-corrected chi connectivity index (χ4v) is 4.12. The van der Waals surface area contributed by atoms with Gasteiger partial charge in [0.05, 0.1) is 12.0 Å². The van der Waals surface area contributed by atoms with Crippen molar-refractivity contribution in [1.29, 1.82) is 0 Å². The number of halogens is 1. The van der Waals surface area contributed by atoms with Crippen LogP contribution in [0.5, 0.6) is 5.75 Å². The third-order valence-electron chi connectivity index (χ3n) is 5.68. The van der Waals surface area contributed by atoms with Crippen LogP contribution in [0, 0.1) is 5.82 Å². The Hall–Kier alpha value is -4.01. The lowest BCUT2D eigenvalue weighted by Crippen LogP contribution is -2.17. The molecule has 0 unspecified atom stereocenters. The van der Waals surface area contributed by atoms with Crippen LogP contribution in [0.15, 0.2) is 40.9 Å². The number of pyridine rings is 1. The molecule has 1 aliphatic heterocycles. The molecule has 0 bridgehead atoms. The number of carbonyl (C=O) groups excluding carboxylic acids is 1. The maximum atomic E-state index is 13.3. The monoisotopic (exact) mass is 433 g/mol. The first-order valence-electron chi connectivity index (χ1n) is 10.1. The second kappa shape index (κ2) is 7.60. The molecule has 0 atom stereocenters. The Morgan fingerprint density at radius 1 is 1.19 bits per heavy atom. The number of benzene rings is 2. The SMILES string of the molecule is CNc1nnc(Cc2c3c(c(O)c4ncc(Cc5ccc(F)cc5)cc24)C(=O)N(C)C3)o1. The summed E-state index contributed by atoms with van der Waals surface area (Å²) < 4.78 is 18.9. The van der Waals surface area contributed by atoms with Gasteiger partial charge in [0.1, 0.15) is 11.3 Å². The van der Waals surface area contributed by atoms with Crippen LogP contribution in [0.25, 0.3) is 10.9 Å². The first-order chi connectivity index (χ1) is 15.4. The number of carbonyl (C=O) groups is 1. The van der Waals surface area contributed by atoms with Crippen LogP contribution < -0.4 is 5.32 Å². The van der Waals surface area contributed by atoms with Gasteiger partial charge in [-0.25, -0.2) is 4.39 Å². The molecule has 1 amide bonds. The molecule has 0 aliphatic carbocycles. The number of aromatic nitrogens is 3. The topological polar surface area (TPSA) is 104 Å². The summed E-state index contributed by atoms with van der Waals surface area (Å²) in [6.07, 6.45) is 2.50. The van der Waals surface area contributed by atoms with Crippen LogP contribution in [-0.4, -0.2) is 45.2 Å². The molecule has 9 heteroatoms. The van der Waals surface area contributed by atoms with Crippen molar-refractivity contribution in [2.45, 2.75) is 19.4 Å². The molecular weight excluding hydrogens is 413 g/mol. The number of amides is 1. The Labute approximate surface area is 182 Å². The predicted molar refractivity (Wildman–Crippen MR) is 115 cm³/mol. The molecule has 0 spiro atoms. The molecule has 32 heavy (non-hydrogen) atoms. The van der Waals surface area contributed by atoms with Crippen LogP contribution in [0.1, 0.15) is 38.5 Å². The summed E-state index contributed by atoms with van der Waals surface area (Å²) in [4.78, 5) is 18.7. The fraction of sp³-hybridized carbons (Fsp3) is 0.217. The summed E-state index contributed by atoms with van der Waals surface area (Å²) in [6, 6.07) is 8.54. The summed E-state index contributed by atoms with van der Waals surface area (Å²) in [7, 11) is 3.37. The molecule has 0 fully saturated rings. The number of nitrogens with one attached hydrogen (secondary N) is 1. The number of nitrogens with zero attached hydrogens (tertiary/aromatic N) is 4. The molecule has 0 saturated heterocycles. The second-order valence-corrected chi connectivity index (χ2v) is 7.81. The van der Waals surface area contributed by atoms with Gasteiger partial charge in [-0.1, -0.05) is 17.2 Å². The van der Waals surface area contributed by atoms with Gasteiger partial charge < -0.3 is 19.7 Å². The Morgan fingerprint density at radius 2 is 1.97 bits per heavy atom. The van der Waals surface area contributed by atoms with E-state index < -0.39 is 0 Å². The van der Waals surface area contributed by atoms with E-state index in [1.807, 2.05) is 6.07 Å². The zero-order chi connectivity index (χ0) is 22.4. The van der Waals surface area contributed by atoms with E-state index in [9.17, 15) is 14.3 Å². The number of fused-ring (bicyclic) bond motifs is 2. The van der Waals surface area contributed by atoms with Crippen molar-refractivity contribution < 1.29 is 18.7 Å². The van der Waals surface area contributed by atoms with Crippen LogP contribution >= 0.6 is 0 Å². The van der Waals surface area contributed by atoms with Gasteiger partial charge in [-0.3, -0.25) is 9.78 Å². The van der Waals surface area contributed by atoms with Crippen LogP contribution in [-0.2, 0) is 19.4 Å². The maximum Gasteiger partial charge on any atom is 0.315 e. The molecule has 4 aromatic rings. The molecule has 0 radical (unpaired) electrons. The lowest BCUT2D eigenvalue weighted by atomic mass is 9.93. The Balaban J connectivity index is 1.66. The van der Waals surface area contributed by atoms with Crippen LogP contribution in [0.4, 0.5) is 10.4 Å². The molecule has 2 N–H and O–H groups in total. The number of rotatable bonds is 5. The highest BCUT2D eigenvalue weighted by atomic mass is 19.1. The van der Waals surface area contributed by atoms with Crippen molar-refractivity contribution in [3.05, 3.63) is 76.1 Å². The third-order valence-corrected chi connectivity index (χ3v) is 5.68. The quantitative estimate of drug-likeness (QED) is 0.498. The Kier molecular flexibility index (Phi) is 4.73. The van der Waals surface area contributed by atoms with Gasteiger partial charge in [0.25, 0.3) is 5.91 Å². The largest absolute Gasteiger partial charge is 0.505 e. The molecule has 0 saturated carbocycles. The van der Waals surface area contributed by atoms with Crippen molar-refractivity contribution in [1.82, 2.24) is 20.1 Å². The minimum absolute atomic E-state index is 0.122. The third kappa shape index (κ3) is 3.31. The zero-order valence-corrected chi connectivity index (χ0v) is 17.5. The number of aromatic hydroxyl groups is 1. The molecule has 2 aromatic carbocycles. The average Bonchev–Trinajstić information content (AvgIpc) is 3.37. The zero-order valence-electron chi connectivity index (χ0n) is 17.5. The van der Waals surface area contributed by atoms with E-state index in [2.05, 4.69) is 20.5 Å². The van der Waals surface area contributed by atoms with Gasteiger partial charge >= 0.3 is 6.01 Å². The van der Waals surface area contributed by atoms with Crippen molar-refractivity contribution in [3.63, 3.8) is 0 Å². The maximum absolute atomic E-state index is 13.3. The van der Waals surface area contributed by atoms with Gasteiger partial charge in [-0.2, -0.15) is 0 Å². The van der Waals surface area contributed by atoms with Gasteiger partial charge in [-0.05, 0) is 46.9 Å². The Morgan fingerprint density at radius 3 is 2.69 bits per heavy atom. The van der Waals surface area contributed by atoms with Gasteiger partial charge in [0, 0.05) is 32.2 Å². The van der Waals surface area contributed by atoms with Crippen molar-refractivity contribution >= 4 is 22.8 Å². The van der Waals surface area contributed by atoms with Crippen LogP contribution in [0.3, 0.4) is 0 Å². The first kappa shape index (κ1) is 19.9.